The zero-order valence-corrected chi connectivity index (χ0v) is 9.85. The van der Waals surface area contributed by atoms with E-state index in [9.17, 15) is 0 Å². The maximum atomic E-state index is 3.78. The molecule has 14 heavy (non-hydrogen) atoms. The molecule has 0 aromatic heterocycles. The molecule has 3 aliphatic carbocycles. The molecule has 4 unspecified atom stereocenters. The Labute approximate surface area is 91.4 Å². The second-order valence-corrected chi connectivity index (χ2v) is 6.30. The summed E-state index contributed by atoms with van der Waals surface area (Å²) in [5, 5.41) is 3.78. The van der Waals surface area contributed by atoms with Crippen molar-refractivity contribution in [1.29, 1.82) is 0 Å². The van der Waals surface area contributed by atoms with E-state index in [1.165, 1.54) is 18.7 Å². The van der Waals surface area contributed by atoms with E-state index in [1.807, 2.05) is 11.8 Å². The SMILES string of the molecule is CSCCCNC1C2C3CCC(C3)C12. The first kappa shape index (κ1) is 9.53. The standard InChI is InChI=1S/C12H21NS/c1-14-6-2-5-13-12-10-8-3-4-9(7-8)11(10)12/h8-13H,2-7H2,1H3. The molecule has 0 aromatic carbocycles. The molecule has 80 valence electrons. The third-order valence-corrected chi connectivity index (χ3v) is 5.34. The van der Waals surface area contributed by atoms with Crippen molar-refractivity contribution in [3.05, 3.63) is 0 Å². The molecule has 1 N–H and O–H groups in total. The quantitative estimate of drug-likeness (QED) is 0.701. The van der Waals surface area contributed by atoms with Crippen LogP contribution in [0.4, 0.5) is 0 Å². The van der Waals surface area contributed by atoms with Gasteiger partial charge < -0.3 is 5.32 Å². The largest absolute Gasteiger partial charge is 0.313 e. The fourth-order valence-electron chi connectivity index (χ4n) is 4.08. The number of hydrogen-bond donors (Lipinski definition) is 1. The van der Waals surface area contributed by atoms with Crippen LogP contribution < -0.4 is 5.32 Å². The molecule has 3 fully saturated rings. The van der Waals surface area contributed by atoms with Gasteiger partial charge in [0, 0.05) is 6.04 Å². The lowest BCUT2D eigenvalue weighted by Gasteiger charge is -2.09. The predicted octanol–water partition coefficient (Wildman–Crippen LogP) is 2.37. The van der Waals surface area contributed by atoms with Crippen LogP contribution in [0.1, 0.15) is 25.7 Å². The van der Waals surface area contributed by atoms with Gasteiger partial charge in [-0.2, -0.15) is 11.8 Å². The zero-order chi connectivity index (χ0) is 9.54. The van der Waals surface area contributed by atoms with Crippen LogP contribution in [-0.4, -0.2) is 24.6 Å². The van der Waals surface area contributed by atoms with Gasteiger partial charge in [-0.25, -0.2) is 0 Å². The normalized spacial score (nSPS) is 48.2. The van der Waals surface area contributed by atoms with Gasteiger partial charge in [0.25, 0.3) is 0 Å². The van der Waals surface area contributed by atoms with Gasteiger partial charge in [-0.05, 0) is 67.9 Å². The summed E-state index contributed by atoms with van der Waals surface area (Å²) in [5.41, 5.74) is 0. The van der Waals surface area contributed by atoms with E-state index < -0.39 is 0 Å². The molecule has 0 spiro atoms. The van der Waals surface area contributed by atoms with Gasteiger partial charge in [0.15, 0.2) is 0 Å². The molecule has 0 aromatic rings. The Hall–Kier alpha value is 0.310. The second-order valence-electron chi connectivity index (χ2n) is 5.31. The summed E-state index contributed by atoms with van der Waals surface area (Å²) < 4.78 is 0. The Kier molecular flexibility index (Phi) is 2.53. The Morgan fingerprint density at radius 3 is 2.57 bits per heavy atom. The average Bonchev–Trinajstić information content (AvgIpc) is 2.60. The number of thioether (sulfide) groups is 1. The predicted molar refractivity (Wildman–Crippen MR) is 62.6 cm³/mol. The van der Waals surface area contributed by atoms with Crippen molar-refractivity contribution < 1.29 is 0 Å². The second kappa shape index (κ2) is 3.71. The summed E-state index contributed by atoms with van der Waals surface area (Å²) in [4.78, 5) is 0. The van der Waals surface area contributed by atoms with Gasteiger partial charge in [-0.3, -0.25) is 0 Å². The van der Waals surface area contributed by atoms with Crippen LogP contribution in [-0.2, 0) is 0 Å². The Morgan fingerprint density at radius 2 is 1.93 bits per heavy atom. The van der Waals surface area contributed by atoms with E-state index in [1.54, 1.807) is 19.3 Å². The first-order valence-corrected chi connectivity index (χ1v) is 7.53. The molecule has 0 saturated heterocycles. The monoisotopic (exact) mass is 211 g/mol. The molecular formula is C12H21NS. The number of hydrogen-bond acceptors (Lipinski definition) is 2. The van der Waals surface area contributed by atoms with Gasteiger partial charge in [0.05, 0.1) is 0 Å². The number of rotatable bonds is 5. The van der Waals surface area contributed by atoms with Gasteiger partial charge in [0.1, 0.15) is 0 Å². The van der Waals surface area contributed by atoms with E-state index in [0.717, 1.165) is 29.7 Å². The highest BCUT2D eigenvalue weighted by atomic mass is 32.2. The summed E-state index contributed by atoms with van der Waals surface area (Å²) in [7, 11) is 0. The molecule has 0 radical (unpaired) electrons. The van der Waals surface area contributed by atoms with Gasteiger partial charge in [0.2, 0.25) is 0 Å². The smallest absolute Gasteiger partial charge is 0.0135 e. The minimum Gasteiger partial charge on any atom is -0.313 e. The van der Waals surface area contributed by atoms with Gasteiger partial charge in [-0.1, -0.05) is 0 Å². The van der Waals surface area contributed by atoms with E-state index in [2.05, 4.69) is 11.6 Å². The molecule has 2 heteroatoms. The summed E-state index contributed by atoms with van der Waals surface area (Å²) >= 11 is 1.97. The van der Waals surface area contributed by atoms with Crippen molar-refractivity contribution in [1.82, 2.24) is 5.32 Å². The van der Waals surface area contributed by atoms with Crippen LogP contribution in [0.5, 0.6) is 0 Å². The van der Waals surface area contributed by atoms with E-state index in [-0.39, 0.29) is 0 Å². The molecule has 3 rings (SSSR count). The Morgan fingerprint density at radius 1 is 1.21 bits per heavy atom. The minimum absolute atomic E-state index is 0.947. The van der Waals surface area contributed by atoms with Gasteiger partial charge in [-0.15, -0.1) is 0 Å². The van der Waals surface area contributed by atoms with Crippen molar-refractivity contribution in [3.63, 3.8) is 0 Å². The van der Waals surface area contributed by atoms with E-state index in [4.69, 9.17) is 0 Å². The Balaban J connectivity index is 1.41. The molecule has 3 saturated carbocycles. The van der Waals surface area contributed by atoms with Crippen LogP contribution in [0.15, 0.2) is 0 Å². The summed E-state index contributed by atoms with van der Waals surface area (Å²) in [5.74, 6) is 5.80. The minimum atomic E-state index is 0.947. The highest BCUT2D eigenvalue weighted by Crippen LogP contribution is 2.65. The van der Waals surface area contributed by atoms with Gasteiger partial charge >= 0.3 is 0 Å². The molecule has 2 bridgehead atoms. The van der Waals surface area contributed by atoms with Crippen LogP contribution >= 0.6 is 11.8 Å². The third kappa shape index (κ3) is 1.42. The van der Waals surface area contributed by atoms with Crippen LogP contribution in [0.25, 0.3) is 0 Å². The van der Waals surface area contributed by atoms with Crippen molar-refractivity contribution in [2.45, 2.75) is 31.7 Å². The fraction of sp³-hybridized carbons (Fsp3) is 1.00. The average molecular weight is 211 g/mol. The first-order chi connectivity index (χ1) is 6.92. The molecule has 4 atom stereocenters. The third-order valence-electron chi connectivity index (χ3n) is 4.64. The summed E-state index contributed by atoms with van der Waals surface area (Å²) in [6, 6.07) is 0.947. The van der Waals surface area contributed by atoms with Crippen LogP contribution in [0, 0.1) is 23.7 Å². The van der Waals surface area contributed by atoms with Crippen LogP contribution in [0.3, 0.4) is 0 Å². The molecule has 3 aliphatic rings. The van der Waals surface area contributed by atoms with Crippen molar-refractivity contribution in [2.75, 3.05) is 18.6 Å². The van der Waals surface area contributed by atoms with Crippen molar-refractivity contribution in [3.8, 4) is 0 Å². The highest BCUT2D eigenvalue weighted by Gasteiger charge is 2.64. The first-order valence-electron chi connectivity index (χ1n) is 6.14. The summed E-state index contributed by atoms with van der Waals surface area (Å²) in [6.45, 7) is 1.26. The molecular weight excluding hydrogens is 190 g/mol. The van der Waals surface area contributed by atoms with Crippen molar-refractivity contribution in [2.24, 2.45) is 23.7 Å². The Bertz CT molecular complexity index is 202. The van der Waals surface area contributed by atoms with Crippen molar-refractivity contribution >= 4 is 11.8 Å². The van der Waals surface area contributed by atoms with Crippen LogP contribution in [0.2, 0.25) is 0 Å². The maximum absolute atomic E-state index is 3.78. The molecule has 0 amide bonds. The lowest BCUT2D eigenvalue weighted by atomic mass is 10.0. The van der Waals surface area contributed by atoms with E-state index in [0.29, 0.717) is 0 Å². The summed E-state index contributed by atoms with van der Waals surface area (Å²) in [6.07, 6.45) is 8.24. The fourth-order valence-corrected chi connectivity index (χ4v) is 4.52. The zero-order valence-electron chi connectivity index (χ0n) is 9.04. The lowest BCUT2D eigenvalue weighted by Crippen LogP contribution is -2.24. The molecule has 1 nitrogen and oxygen atoms in total. The molecule has 0 heterocycles. The lowest BCUT2D eigenvalue weighted by molar-refractivity contribution is 0.456. The van der Waals surface area contributed by atoms with E-state index >= 15 is 0 Å². The topological polar surface area (TPSA) is 12.0 Å². The molecule has 0 aliphatic heterocycles. The highest BCUT2D eigenvalue weighted by molar-refractivity contribution is 7.98. The number of fused-ring (bicyclic) bond motifs is 5. The maximum Gasteiger partial charge on any atom is 0.0135 e. The number of nitrogens with one attached hydrogen (secondary N) is 1.